The molecule has 5 nitrogen and oxygen atoms in total. The Labute approximate surface area is 114 Å². The summed E-state index contributed by atoms with van der Waals surface area (Å²) in [7, 11) is 0. The van der Waals surface area contributed by atoms with Crippen LogP contribution in [-0.4, -0.2) is 21.3 Å². The first kappa shape index (κ1) is 12.3. The number of cyclic esters (lactones) is 1. The summed E-state index contributed by atoms with van der Waals surface area (Å²) in [5, 5.41) is 29.8. The molecule has 1 atom stereocenters. The van der Waals surface area contributed by atoms with E-state index in [1.165, 1.54) is 24.3 Å². The maximum absolute atomic E-state index is 11.9. The second-order valence-corrected chi connectivity index (χ2v) is 4.74. The van der Waals surface area contributed by atoms with Gasteiger partial charge in [0.05, 0.1) is 16.7 Å². The summed E-state index contributed by atoms with van der Waals surface area (Å²) in [5.41, 5.74) is 1.30. The fourth-order valence-electron chi connectivity index (χ4n) is 2.47. The number of esters is 1. The second-order valence-electron chi connectivity index (χ2n) is 4.74. The molecule has 102 valence electrons. The highest BCUT2D eigenvalue weighted by Gasteiger charge is 2.38. The number of fused-ring (bicyclic) bond motifs is 1. The first-order valence-electron chi connectivity index (χ1n) is 6.04. The number of ether oxygens (including phenoxy) is 1. The lowest BCUT2D eigenvalue weighted by Crippen LogP contribution is -2.01. The first-order chi connectivity index (χ1) is 9.49. The smallest absolute Gasteiger partial charge is 0.339 e. The summed E-state index contributed by atoms with van der Waals surface area (Å²) in [5.74, 6) is -1.09. The zero-order chi connectivity index (χ0) is 14.4. The number of carbonyl (C=O) groups excluding carboxylic acids is 1. The zero-order valence-corrected chi connectivity index (χ0v) is 10.6. The third-order valence-electron chi connectivity index (χ3n) is 3.33. The molecular weight excluding hydrogens is 260 g/mol. The lowest BCUT2D eigenvalue weighted by atomic mass is 9.95. The van der Waals surface area contributed by atoms with Crippen molar-refractivity contribution in [3.8, 4) is 17.2 Å². The molecule has 0 amide bonds. The third kappa shape index (κ3) is 1.67. The van der Waals surface area contributed by atoms with Gasteiger partial charge in [0.2, 0.25) is 0 Å². The van der Waals surface area contributed by atoms with Crippen LogP contribution in [0.25, 0.3) is 0 Å². The lowest BCUT2D eigenvalue weighted by molar-refractivity contribution is 0.0448. The molecule has 0 bridgehead atoms. The average Bonchev–Trinajstić information content (AvgIpc) is 2.67. The van der Waals surface area contributed by atoms with Gasteiger partial charge in [-0.15, -0.1) is 0 Å². The second kappa shape index (κ2) is 4.16. The summed E-state index contributed by atoms with van der Waals surface area (Å²) in [4.78, 5) is 11.9. The van der Waals surface area contributed by atoms with Gasteiger partial charge < -0.3 is 20.1 Å². The number of rotatable bonds is 1. The van der Waals surface area contributed by atoms with Crippen molar-refractivity contribution in [2.45, 2.75) is 13.0 Å². The summed E-state index contributed by atoms with van der Waals surface area (Å²) >= 11 is 0. The molecule has 0 aliphatic carbocycles. The lowest BCUT2D eigenvalue weighted by Gasteiger charge is -2.15. The zero-order valence-electron chi connectivity index (χ0n) is 10.6. The molecule has 0 saturated carbocycles. The van der Waals surface area contributed by atoms with Gasteiger partial charge in [0.25, 0.3) is 0 Å². The number of phenolic OH excluding ortho intramolecular Hbond substituents is 3. The van der Waals surface area contributed by atoms with Gasteiger partial charge in [-0.3, -0.25) is 0 Å². The van der Waals surface area contributed by atoms with Gasteiger partial charge in [-0.05, 0) is 36.8 Å². The number of aryl methyl sites for hydroxylation is 1. The van der Waals surface area contributed by atoms with Crippen LogP contribution in [0.1, 0.15) is 33.2 Å². The van der Waals surface area contributed by atoms with E-state index in [0.717, 1.165) is 5.56 Å². The molecule has 0 radical (unpaired) electrons. The fraction of sp³-hybridized carbons (Fsp3) is 0.133. The highest BCUT2D eigenvalue weighted by Crippen LogP contribution is 2.46. The molecule has 3 rings (SSSR count). The predicted octanol–water partition coefficient (Wildman–Crippen LogP) is 2.37. The van der Waals surface area contributed by atoms with Crippen LogP contribution in [0.4, 0.5) is 0 Å². The first-order valence-corrected chi connectivity index (χ1v) is 6.04. The Hall–Kier alpha value is -2.69. The molecule has 1 aliphatic rings. The van der Waals surface area contributed by atoms with Crippen molar-refractivity contribution < 1.29 is 24.9 Å². The van der Waals surface area contributed by atoms with Crippen LogP contribution in [0.3, 0.4) is 0 Å². The van der Waals surface area contributed by atoms with Crippen LogP contribution >= 0.6 is 0 Å². The third-order valence-corrected chi connectivity index (χ3v) is 3.33. The largest absolute Gasteiger partial charge is 0.507 e. The summed E-state index contributed by atoms with van der Waals surface area (Å²) in [6.07, 6.45) is -1.01. The minimum absolute atomic E-state index is 0.0683. The number of carbonyl (C=O) groups is 1. The monoisotopic (exact) mass is 272 g/mol. The molecule has 0 aromatic heterocycles. The normalized spacial score (nSPS) is 16.9. The number of hydrogen-bond acceptors (Lipinski definition) is 5. The predicted molar refractivity (Wildman–Crippen MR) is 69.9 cm³/mol. The highest BCUT2D eigenvalue weighted by atomic mass is 16.6. The van der Waals surface area contributed by atoms with Gasteiger partial charge in [-0.1, -0.05) is 6.07 Å². The molecule has 2 aromatic carbocycles. The standard InChI is InChI=1S/C15H12O5/c1-7-5-8-12(11(18)6-7)14(20-15(8)19)13-9(16)3-2-4-10(13)17/h2-6,14,16-18H,1H3/t14-/m0/s1. The van der Waals surface area contributed by atoms with Crippen molar-refractivity contribution in [1.29, 1.82) is 0 Å². The van der Waals surface area contributed by atoms with Crippen LogP contribution in [-0.2, 0) is 4.74 Å². The van der Waals surface area contributed by atoms with Crippen LogP contribution in [0.5, 0.6) is 17.2 Å². The number of benzene rings is 2. The van der Waals surface area contributed by atoms with Gasteiger partial charge in [-0.2, -0.15) is 0 Å². The van der Waals surface area contributed by atoms with Crippen LogP contribution in [0.15, 0.2) is 30.3 Å². The van der Waals surface area contributed by atoms with Gasteiger partial charge >= 0.3 is 5.97 Å². The van der Waals surface area contributed by atoms with Gasteiger partial charge in [-0.25, -0.2) is 4.79 Å². The van der Waals surface area contributed by atoms with E-state index in [4.69, 9.17) is 4.74 Å². The number of aromatic hydroxyl groups is 3. The minimum Gasteiger partial charge on any atom is -0.507 e. The Balaban J connectivity index is 2.24. The summed E-state index contributed by atoms with van der Waals surface area (Å²) in [6.45, 7) is 1.75. The Bertz CT molecular complexity index is 700. The molecule has 1 aliphatic heterocycles. The summed E-state index contributed by atoms with van der Waals surface area (Å²) in [6, 6.07) is 7.35. The van der Waals surface area contributed by atoms with E-state index in [1.54, 1.807) is 13.0 Å². The maximum atomic E-state index is 11.9. The summed E-state index contributed by atoms with van der Waals surface area (Å²) < 4.78 is 5.20. The topological polar surface area (TPSA) is 87.0 Å². The van der Waals surface area contributed by atoms with Crippen molar-refractivity contribution in [3.05, 3.63) is 52.6 Å². The Morgan fingerprint density at radius 3 is 2.30 bits per heavy atom. The van der Waals surface area contributed by atoms with Gasteiger partial charge in [0.15, 0.2) is 6.10 Å². The Morgan fingerprint density at radius 1 is 1.00 bits per heavy atom. The quantitative estimate of drug-likeness (QED) is 0.694. The van der Waals surface area contributed by atoms with Gasteiger partial charge in [0.1, 0.15) is 17.2 Å². The fourth-order valence-corrected chi connectivity index (χ4v) is 2.47. The SMILES string of the molecule is Cc1cc(O)c2c(c1)C(=O)O[C@@H]2c1c(O)cccc1O. The van der Waals surface area contributed by atoms with Crippen molar-refractivity contribution >= 4 is 5.97 Å². The Kier molecular flexibility index (Phi) is 2.57. The van der Waals surface area contributed by atoms with Crippen molar-refractivity contribution in [1.82, 2.24) is 0 Å². The van der Waals surface area contributed by atoms with E-state index in [-0.39, 0.29) is 33.9 Å². The molecule has 2 aromatic rings. The maximum Gasteiger partial charge on any atom is 0.339 e. The minimum atomic E-state index is -1.01. The van der Waals surface area contributed by atoms with E-state index in [1.807, 2.05) is 0 Å². The molecule has 3 N–H and O–H groups in total. The van der Waals surface area contributed by atoms with Crippen LogP contribution in [0.2, 0.25) is 0 Å². The molecular formula is C15H12O5. The van der Waals surface area contributed by atoms with E-state index in [9.17, 15) is 20.1 Å². The molecule has 5 heteroatoms. The molecule has 0 fully saturated rings. The van der Waals surface area contributed by atoms with Crippen molar-refractivity contribution in [2.75, 3.05) is 0 Å². The molecule has 20 heavy (non-hydrogen) atoms. The van der Waals surface area contributed by atoms with Gasteiger partial charge in [0, 0.05) is 0 Å². The van der Waals surface area contributed by atoms with Crippen LogP contribution < -0.4 is 0 Å². The van der Waals surface area contributed by atoms with E-state index in [2.05, 4.69) is 0 Å². The van der Waals surface area contributed by atoms with Crippen molar-refractivity contribution in [3.63, 3.8) is 0 Å². The molecule has 0 unspecified atom stereocenters. The highest BCUT2D eigenvalue weighted by molar-refractivity contribution is 5.96. The van der Waals surface area contributed by atoms with E-state index in [0.29, 0.717) is 0 Å². The molecule has 0 saturated heterocycles. The number of hydrogen-bond donors (Lipinski definition) is 3. The molecule has 1 heterocycles. The number of phenols is 3. The van der Waals surface area contributed by atoms with Crippen LogP contribution in [0, 0.1) is 6.92 Å². The Morgan fingerprint density at radius 2 is 1.65 bits per heavy atom. The van der Waals surface area contributed by atoms with Crippen molar-refractivity contribution in [2.24, 2.45) is 0 Å². The van der Waals surface area contributed by atoms with E-state index >= 15 is 0 Å². The molecule has 0 spiro atoms. The average molecular weight is 272 g/mol. The van der Waals surface area contributed by atoms with E-state index < -0.39 is 12.1 Å².